The topological polar surface area (TPSA) is 37.8 Å². The number of allylic oxidation sites excluding steroid dienone is 4. The summed E-state index contributed by atoms with van der Waals surface area (Å²) in [6, 6.07) is 21.6. The van der Waals surface area contributed by atoms with E-state index >= 15 is 0 Å². The molecular formula is C26H19N3O2. The lowest BCUT2D eigenvalue weighted by Gasteiger charge is -2.31. The lowest BCUT2D eigenvalue weighted by Crippen LogP contribution is -2.43. The summed E-state index contributed by atoms with van der Waals surface area (Å²) in [7, 11) is 0. The van der Waals surface area contributed by atoms with Crippen LogP contribution in [0.25, 0.3) is 11.4 Å². The highest BCUT2D eigenvalue weighted by Gasteiger charge is 2.30. The first-order chi connectivity index (χ1) is 15.4. The fourth-order valence-electron chi connectivity index (χ4n) is 4.09. The normalized spacial score (nSPS) is 15.9. The van der Waals surface area contributed by atoms with Gasteiger partial charge in [-0.15, -0.1) is 0 Å². The summed E-state index contributed by atoms with van der Waals surface area (Å²) in [4.78, 5) is 12.7. The Bertz CT molecular complexity index is 1370. The molecule has 3 aliphatic rings. The third kappa shape index (κ3) is 3.07. The number of hydrogen-bond donors (Lipinski definition) is 0. The number of hydroxylamine groups is 2. The quantitative estimate of drug-likeness (QED) is 0.655. The molecule has 3 aromatic rings. The third-order valence-electron chi connectivity index (χ3n) is 5.43. The molecule has 5 nitrogen and oxygen atoms in total. The number of rotatable bonds is 4. The Balaban J connectivity index is 1.37. The molecule has 0 spiro atoms. The van der Waals surface area contributed by atoms with Crippen molar-refractivity contribution in [2.24, 2.45) is 0 Å². The first-order valence-electron chi connectivity index (χ1n) is 10.2. The van der Waals surface area contributed by atoms with Crippen LogP contribution in [0.5, 0.6) is 17.4 Å². The van der Waals surface area contributed by atoms with Crippen molar-refractivity contribution < 1.29 is 9.57 Å². The van der Waals surface area contributed by atoms with E-state index in [-0.39, 0.29) is 0 Å². The molecule has 0 amide bonds. The molecule has 0 atom stereocenters. The summed E-state index contributed by atoms with van der Waals surface area (Å²) in [6.07, 6.45) is 13.1. The zero-order chi connectivity index (χ0) is 20.6. The predicted molar refractivity (Wildman–Crippen MR) is 119 cm³/mol. The first kappa shape index (κ1) is 17.6. The van der Waals surface area contributed by atoms with E-state index in [1.807, 2.05) is 59.9 Å². The molecule has 3 heterocycles. The standard InChI is InChI=1S/C26H19N3O2/c1-2-12-23-21(10-1)22-11-3-4-13-24(22)28-16-17-29(26(23)28)31-20-9-7-8-19(18-20)30-25-14-5-6-15-27-25/h1-10,12-18H,11H2. The fourth-order valence-corrected chi connectivity index (χ4v) is 4.09. The third-order valence-corrected chi connectivity index (χ3v) is 5.43. The van der Waals surface area contributed by atoms with Gasteiger partial charge in [-0.2, -0.15) is 5.06 Å². The molecule has 0 N–H and O–H groups in total. The van der Waals surface area contributed by atoms with E-state index in [1.165, 1.54) is 16.5 Å². The van der Waals surface area contributed by atoms with Gasteiger partial charge in [0, 0.05) is 29.7 Å². The van der Waals surface area contributed by atoms with Crippen LogP contribution in [0.4, 0.5) is 0 Å². The molecule has 5 heteroatoms. The molecule has 150 valence electrons. The number of hydrogen-bond acceptors (Lipinski definition) is 5. The van der Waals surface area contributed by atoms with Crippen LogP contribution in [-0.4, -0.2) is 14.9 Å². The monoisotopic (exact) mass is 405 g/mol. The molecule has 0 saturated heterocycles. The number of fused-ring (bicyclic) bond motifs is 4. The summed E-state index contributed by atoms with van der Waals surface area (Å²) in [5.74, 6) is 2.87. The van der Waals surface area contributed by atoms with Gasteiger partial charge >= 0.3 is 0 Å². The van der Waals surface area contributed by atoms with Crippen LogP contribution in [0.2, 0.25) is 0 Å². The van der Waals surface area contributed by atoms with Crippen molar-refractivity contribution in [2.75, 3.05) is 0 Å². The van der Waals surface area contributed by atoms with Gasteiger partial charge in [-0.25, -0.2) is 4.98 Å². The van der Waals surface area contributed by atoms with Gasteiger partial charge in [0.1, 0.15) is 5.75 Å². The average molecular weight is 405 g/mol. The maximum atomic E-state index is 6.27. The summed E-state index contributed by atoms with van der Waals surface area (Å²) in [5, 5.41) is 4.21. The molecule has 2 aliphatic heterocycles. The van der Waals surface area contributed by atoms with Gasteiger partial charge in [-0.1, -0.05) is 48.6 Å². The maximum absolute atomic E-state index is 6.27. The lowest BCUT2D eigenvalue weighted by molar-refractivity contribution is 0.0527. The number of benzene rings is 2. The second-order valence-corrected chi connectivity index (χ2v) is 7.36. The highest BCUT2D eigenvalue weighted by atomic mass is 16.7. The number of aromatic nitrogens is 1. The molecule has 0 radical (unpaired) electrons. The zero-order valence-corrected chi connectivity index (χ0v) is 16.7. The summed E-state index contributed by atoms with van der Waals surface area (Å²) in [6.45, 7) is 0. The average Bonchev–Trinajstić information content (AvgIpc) is 3.24. The van der Waals surface area contributed by atoms with Crippen LogP contribution in [0.3, 0.4) is 0 Å². The molecule has 2 aromatic carbocycles. The van der Waals surface area contributed by atoms with Gasteiger partial charge in [-0.3, -0.25) is 4.90 Å². The second-order valence-electron chi connectivity index (χ2n) is 7.36. The van der Waals surface area contributed by atoms with E-state index in [0.29, 0.717) is 17.4 Å². The van der Waals surface area contributed by atoms with Crippen molar-refractivity contribution in [1.82, 2.24) is 14.9 Å². The first-order valence-corrected chi connectivity index (χ1v) is 10.2. The van der Waals surface area contributed by atoms with E-state index in [9.17, 15) is 0 Å². The lowest BCUT2D eigenvalue weighted by atomic mass is 9.96. The highest BCUT2D eigenvalue weighted by Crippen LogP contribution is 2.35. The van der Waals surface area contributed by atoms with Gasteiger partial charge in [0.05, 0.1) is 11.9 Å². The Morgan fingerprint density at radius 3 is 2.61 bits per heavy atom. The molecule has 0 fully saturated rings. The summed E-state index contributed by atoms with van der Waals surface area (Å²) < 4.78 is 5.85. The van der Waals surface area contributed by atoms with Crippen molar-refractivity contribution in [3.63, 3.8) is 0 Å². The smallest absolute Gasteiger partial charge is 0.219 e. The minimum absolute atomic E-state index is 0.544. The Hall–Kier alpha value is -4.25. The number of ether oxygens (including phenoxy) is 1. The number of pyridine rings is 1. The van der Waals surface area contributed by atoms with E-state index in [2.05, 4.69) is 52.4 Å². The van der Waals surface area contributed by atoms with Crippen molar-refractivity contribution >= 4 is 11.4 Å². The minimum atomic E-state index is 0.544. The maximum Gasteiger partial charge on any atom is 0.219 e. The van der Waals surface area contributed by atoms with Gasteiger partial charge in [0.2, 0.25) is 5.88 Å². The Labute approximate surface area is 179 Å². The predicted octanol–water partition coefficient (Wildman–Crippen LogP) is 4.03. The van der Waals surface area contributed by atoms with Gasteiger partial charge in [-0.05, 0) is 41.5 Å². The van der Waals surface area contributed by atoms with Gasteiger partial charge in [0.15, 0.2) is 11.6 Å². The molecule has 0 unspecified atom stereocenters. The SMILES string of the molecule is C1=CCC2=c3ccccc3=C3N(Oc4cccc(Oc5ccccn5)c4)C=CN3C2=C1. The second kappa shape index (κ2) is 7.22. The van der Waals surface area contributed by atoms with E-state index in [0.717, 1.165) is 17.5 Å². The largest absolute Gasteiger partial charge is 0.439 e. The molecule has 0 saturated carbocycles. The van der Waals surface area contributed by atoms with Crippen molar-refractivity contribution in [2.45, 2.75) is 6.42 Å². The summed E-state index contributed by atoms with van der Waals surface area (Å²) in [5.41, 5.74) is 2.52. The molecule has 1 aliphatic carbocycles. The van der Waals surface area contributed by atoms with Gasteiger partial charge in [0.25, 0.3) is 0 Å². The van der Waals surface area contributed by atoms with Crippen LogP contribution < -0.4 is 20.0 Å². The minimum Gasteiger partial charge on any atom is -0.439 e. The van der Waals surface area contributed by atoms with Crippen LogP contribution in [0.15, 0.2) is 109 Å². The Morgan fingerprint density at radius 1 is 0.839 bits per heavy atom. The highest BCUT2D eigenvalue weighted by molar-refractivity contribution is 5.75. The van der Waals surface area contributed by atoms with E-state index < -0.39 is 0 Å². The molecule has 0 bridgehead atoms. The summed E-state index contributed by atoms with van der Waals surface area (Å²) >= 11 is 0. The molecule has 6 rings (SSSR count). The van der Waals surface area contributed by atoms with E-state index in [4.69, 9.17) is 9.57 Å². The molecular weight excluding hydrogens is 386 g/mol. The van der Waals surface area contributed by atoms with Gasteiger partial charge < -0.3 is 9.57 Å². The van der Waals surface area contributed by atoms with Crippen LogP contribution >= 0.6 is 0 Å². The van der Waals surface area contributed by atoms with Crippen LogP contribution in [0.1, 0.15) is 6.42 Å². The zero-order valence-electron chi connectivity index (χ0n) is 16.7. The molecule has 31 heavy (non-hydrogen) atoms. The molecule has 1 aromatic heterocycles. The van der Waals surface area contributed by atoms with Crippen molar-refractivity contribution in [1.29, 1.82) is 0 Å². The van der Waals surface area contributed by atoms with Crippen molar-refractivity contribution in [3.05, 3.63) is 120 Å². The van der Waals surface area contributed by atoms with Crippen LogP contribution in [-0.2, 0) is 0 Å². The fraction of sp³-hybridized carbons (Fsp3) is 0.0385. The van der Waals surface area contributed by atoms with Crippen molar-refractivity contribution in [3.8, 4) is 17.4 Å². The Morgan fingerprint density at radius 2 is 1.71 bits per heavy atom. The van der Waals surface area contributed by atoms with Crippen LogP contribution in [0, 0.1) is 0 Å². The van der Waals surface area contributed by atoms with E-state index in [1.54, 1.807) is 6.20 Å². The number of nitrogens with zero attached hydrogens (tertiary/aromatic N) is 3. The Kier molecular flexibility index (Phi) is 4.10.